The predicted octanol–water partition coefficient (Wildman–Crippen LogP) is 2.26. The van der Waals surface area contributed by atoms with E-state index in [-0.39, 0.29) is 18.4 Å². The molecule has 0 spiro atoms. The van der Waals surface area contributed by atoms with Crippen molar-refractivity contribution in [2.24, 2.45) is 11.8 Å². The minimum atomic E-state index is -0.132. The first kappa shape index (κ1) is 19.4. The molecule has 0 aliphatic carbocycles. The average Bonchev–Trinajstić information content (AvgIpc) is 2.53. The van der Waals surface area contributed by atoms with E-state index in [4.69, 9.17) is 0 Å². The maximum absolute atomic E-state index is 12.0. The summed E-state index contributed by atoms with van der Waals surface area (Å²) in [6.45, 7) is 9.89. The van der Waals surface area contributed by atoms with Gasteiger partial charge in [-0.05, 0) is 29.4 Å². The topological polar surface area (TPSA) is 52.7 Å². The average molecular weight is 345 g/mol. The lowest BCUT2D eigenvalue weighted by Gasteiger charge is -2.35. The Labute approximate surface area is 151 Å². The first-order valence-electron chi connectivity index (χ1n) is 9.12. The smallest absolute Gasteiger partial charge is 0.239 e. The van der Waals surface area contributed by atoms with Crippen LogP contribution in [0.4, 0.5) is 0 Å². The Morgan fingerprint density at radius 1 is 1.16 bits per heavy atom. The van der Waals surface area contributed by atoms with E-state index in [2.05, 4.69) is 42.3 Å². The van der Waals surface area contributed by atoms with Crippen LogP contribution in [0.1, 0.15) is 38.3 Å². The number of nitrogens with one attached hydrogen (secondary N) is 1. The van der Waals surface area contributed by atoms with E-state index in [1.807, 2.05) is 6.07 Å². The molecule has 1 aliphatic rings. The van der Waals surface area contributed by atoms with E-state index < -0.39 is 0 Å². The molecule has 1 aromatic carbocycles. The van der Waals surface area contributed by atoms with Crippen molar-refractivity contribution in [2.45, 2.75) is 40.3 Å². The Morgan fingerprint density at radius 2 is 1.76 bits per heavy atom. The second kappa shape index (κ2) is 8.99. The van der Waals surface area contributed by atoms with Gasteiger partial charge in [0.05, 0.1) is 6.54 Å². The van der Waals surface area contributed by atoms with Crippen molar-refractivity contribution in [3.05, 3.63) is 35.4 Å². The van der Waals surface area contributed by atoms with Crippen LogP contribution in [-0.4, -0.2) is 48.3 Å². The Balaban J connectivity index is 1.94. The lowest BCUT2D eigenvalue weighted by atomic mass is 9.91. The molecule has 138 valence electrons. The highest BCUT2D eigenvalue weighted by atomic mass is 16.2. The number of hydrogen-bond acceptors (Lipinski definition) is 3. The van der Waals surface area contributed by atoms with Crippen LogP contribution < -0.4 is 5.32 Å². The van der Waals surface area contributed by atoms with Crippen molar-refractivity contribution in [2.75, 3.05) is 26.7 Å². The van der Waals surface area contributed by atoms with Crippen LogP contribution in [0.25, 0.3) is 0 Å². The van der Waals surface area contributed by atoms with E-state index in [1.165, 1.54) is 23.8 Å². The number of piperidine rings is 1. The highest BCUT2D eigenvalue weighted by Crippen LogP contribution is 2.23. The third kappa shape index (κ3) is 6.16. The Bertz CT molecular complexity index is 592. The van der Waals surface area contributed by atoms with Gasteiger partial charge in [-0.1, -0.05) is 38.1 Å². The molecule has 2 rings (SSSR count). The molecule has 5 heteroatoms. The van der Waals surface area contributed by atoms with Gasteiger partial charge >= 0.3 is 0 Å². The molecule has 0 unspecified atom stereocenters. The van der Waals surface area contributed by atoms with E-state index in [9.17, 15) is 9.59 Å². The minimum Gasteiger partial charge on any atom is -0.350 e. The van der Waals surface area contributed by atoms with Gasteiger partial charge in [0, 0.05) is 40.2 Å². The van der Waals surface area contributed by atoms with Crippen molar-refractivity contribution >= 4 is 11.8 Å². The summed E-state index contributed by atoms with van der Waals surface area (Å²) in [4.78, 5) is 27.2. The minimum absolute atomic E-state index is 0.0959. The summed E-state index contributed by atoms with van der Waals surface area (Å²) >= 11 is 0. The number of carbonyl (C=O) groups is 2. The molecule has 1 heterocycles. The Hall–Kier alpha value is -1.88. The van der Waals surface area contributed by atoms with Crippen molar-refractivity contribution in [3.8, 4) is 0 Å². The number of hydrogen-bond donors (Lipinski definition) is 1. The number of benzene rings is 1. The third-order valence-electron chi connectivity index (χ3n) is 4.85. The molecule has 5 nitrogen and oxygen atoms in total. The Kier molecular flexibility index (Phi) is 7.00. The molecule has 1 saturated heterocycles. The molecule has 0 radical (unpaired) electrons. The van der Waals surface area contributed by atoms with Crippen LogP contribution in [-0.2, 0) is 22.7 Å². The van der Waals surface area contributed by atoms with Crippen LogP contribution in [0.15, 0.2) is 24.3 Å². The quantitative estimate of drug-likeness (QED) is 0.860. The fourth-order valence-corrected chi connectivity index (χ4v) is 3.62. The van der Waals surface area contributed by atoms with Gasteiger partial charge in [-0.2, -0.15) is 0 Å². The van der Waals surface area contributed by atoms with Crippen molar-refractivity contribution in [3.63, 3.8) is 0 Å². The monoisotopic (exact) mass is 345 g/mol. The highest BCUT2D eigenvalue weighted by molar-refractivity contribution is 5.83. The van der Waals surface area contributed by atoms with Gasteiger partial charge in [0.25, 0.3) is 0 Å². The second-order valence-corrected chi connectivity index (χ2v) is 7.56. The standard InChI is InChI=1S/C20H31N3O2/c1-15-9-16(2)12-23(11-15)13-19-8-6-5-7-18(19)10-21-20(25)14-22(4)17(3)24/h5-8,15-16H,9-14H2,1-4H3,(H,21,25)/t15-,16-/m1/s1. The summed E-state index contributed by atoms with van der Waals surface area (Å²) in [5.41, 5.74) is 2.41. The zero-order valence-corrected chi connectivity index (χ0v) is 15.9. The van der Waals surface area contributed by atoms with E-state index in [1.54, 1.807) is 7.05 Å². The van der Waals surface area contributed by atoms with Gasteiger partial charge in [-0.25, -0.2) is 0 Å². The van der Waals surface area contributed by atoms with Crippen LogP contribution in [0, 0.1) is 11.8 Å². The lowest BCUT2D eigenvalue weighted by molar-refractivity contribution is -0.133. The highest BCUT2D eigenvalue weighted by Gasteiger charge is 2.22. The summed E-state index contributed by atoms with van der Waals surface area (Å²) in [5, 5.41) is 2.93. The van der Waals surface area contributed by atoms with Crippen LogP contribution in [0.3, 0.4) is 0 Å². The van der Waals surface area contributed by atoms with Crippen LogP contribution in [0.5, 0.6) is 0 Å². The van der Waals surface area contributed by atoms with Crippen LogP contribution in [0.2, 0.25) is 0 Å². The van der Waals surface area contributed by atoms with Gasteiger partial charge in [0.1, 0.15) is 0 Å². The maximum Gasteiger partial charge on any atom is 0.239 e. The SMILES string of the molecule is CC(=O)N(C)CC(=O)NCc1ccccc1CN1C[C@H](C)C[C@@H](C)C1. The summed E-state index contributed by atoms with van der Waals surface area (Å²) in [6, 6.07) is 8.28. The molecule has 0 saturated carbocycles. The molecule has 2 amide bonds. The van der Waals surface area contributed by atoms with Crippen molar-refractivity contribution < 1.29 is 9.59 Å². The molecule has 1 fully saturated rings. The number of carbonyl (C=O) groups excluding carboxylic acids is 2. The lowest BCUT2D eigenvalue weighted by Crippen LogP contribution is -2.39. The number of likely N-dealkylation sites (tertiary alicyclic amines) is 1. The zero-order chi connectivity index (χ0) is 18.4. The summed E-state index contributed by atoms with van der Waals surface area (Å²) in [6.07, 6.45) is 1.30. The fraction of sp³-hybridized carbons (Fsp3) is 0.600. The maximum atomic E-state index is 12.0. The third-order valence-corrected chi connectivity index (χ3v) is 4.85. The van der Waals surface area contributed by atoms with Crippen molar-refractivity contribution in [1.29, 1.82) is 0 Å². The second-order valence-electron chi connectivity index (χ2n) is 7.56. The summed E-state index contributed by atoms with van der Waals surface area (Å²) in [5.74, 6) is 1.23. The number of rotatable bonds is 6. The number of nitrogens with zero attached hydrogens (tertiary/aromatic N) is 2. The molecule has 1 aromatic rings. The molecule has 1 N–H and O–H groups in total. The molecular weight excluding hydrogens is 314 g/mol. The van der Waals surface area contributed by atoms with Crippen LogP contribution >= 0.6 is 0 Å². The molecule has 0 bridgehead atoms. The number of likely N-dealkylation sites (N-methyl/N-ethyl adjacent to an activating group) is 1. The van der Waals surface area contributed by atoms with E-state index in [0.29, 0.717) is 6.54 Å². The number of amides is 2. The predicted molar refractivity (Wildman–Crippen MR) is 99.8 cm³/mol. The Morgan fingerprint density at radius 3 is 2.36 bits per heavy atom. The van der Waals surface area contributed by atoms with Gasteiger partial charge < -0.3 is 10.2 Å². The molecule has 1 aliphatic heterocycles. The summed E-state index contributed by atoms with van der Waals surface area (Å²) in [7, 11) is 1.63. The van der Waals surface area contributed by atoms with Crippen molar-refractivity contribution in [1.82, 2.24) is 15.1 Å². The largest absolute Gasteiger partial charge is 0.350 e. The normalized spacial score (nSPS) is 21.0. The molecule has 0 aromatic heterocycles. The first-order valence-corrected chi connectivity index (χ1v) is 9.12. The summed E-state index contributed by atoms with van der Waals surface area (Å²) < 4.78 is 0. The molecular formula is C20H31N3O2. The first-order chi connectivity index (χ1) is 11.8. The van der Waals surface area contributed by atoms with E-state index in [0.717, 1.165) is 37.0 Å². The fourth-order valence-electron chi connectivity index (χ4n) is 3.62. The molecule has 2 atom stereocenters. The van der Waals surface area contributed by atoms with Gasteiger partial charge in [-0.15, -0.1) is 0 Å². The molecule has 25 heavy (non-hydrogen) atoms. The van der Waals surface area contributed by atoms with E-state index >= 15 is 0 Å². The van der Waals surface area contributed by atoms with Gasteiger partial charge in [0.2, 0.25) is 11.8 Å². The van der Waals surface area contributed by atoms with Gasteiger partial charge in [0.15, 0.2) is 0 Å². The zero-order valence-electron chi connectivity index (χ0n) is 15.9. The van der Waals surface area contributed by atoms with Gasteiger partial charge in [-0.3, -0.25) is 14.5 Å².